The molecule has 0 spiro atoms. The normalized spacial score (nSPS) is 8.11. The zero-order chi connectivity index (χ0) is 12.8. The maximum Gasteiger partial charge on any atom is 3.00 e. The number of aliphatic carboxylic acids is 2. The van der Waals surface area contributed by atoms with Gasteiger partial charge in [-0.3, -0.25) is 0 Å². The number of carboxylic acids is 2. The molecule has 6 heteroatoms. The van der Waals surface area contributed by atoms with Crippen molar-refractivity contribution in [2.45, 2.75) is 65.2 Å². The standard InChI is InChI=1S/2C6H12O2.In.H2O/c2*1-2-3-4-5-6(7)8;;/h2*2-5H2,1H3,(H,7,8);;1H2/q;;+3;/p-3. The molecule has 0 bridgehead atoms. The molecule has 0 atom stereocenters. The number of unbranched alkanes of at least 4 members (excludes halogenated alkanes) is 4. The van der Waals surface area contributed by atoms with E-state index in [1.165, 1.54) is 0 Å². The van der Waals surface area contributed by atoms with E-state index in [4.69, 9.17) is 0 Å². The van der Waals surface area contributed by atoms with Crippen LogP contribution in [0.25, 0.3) is 0 Å². The van der Waals surface area contributed by atoms with Crippen LogP contribution in [0.1, 0.15) is 65.2 Å². The molecule has 0 unspecified atom stereocenters. The average molecular weight is 362 g/mol. The van der Waals surface area contributed by atoms with E-state index in [9.17, 15) is 19.8 Å². The molecule has 104 valence electrons. The van der Waals surface area contributed by atoms with Gasteiger partial charge in [0.15, 0.2) is 0 Å². The third-order valence-corrected chi connectivity index (χ3v) is 1.97. The first-order valence-electron chi connectivity index (χ1n) is 5.94. The molecule has 0 heterocycles. The largest absolute Gasteiger partial charge is 3.00 e. The zero-order valence-corrected chi connectivity index (χ0v) is 14.6. The fourth-order valence-corrected chi connectivity index (χ4v) is 1.04. The molecule has 1 N–H and O–H groups in total. The molecule has 0 amide bonds. The number of carbonyl (C=O) groups excluding carboxylic acids is 2. The molecule has 18 heavy (non-hydrogen) atoms. The summed E-state index contributed by atoms with van der Waals surface area (Å²) in [6, 6.07) is 0. The van der Waals surface area contributed by atoms with Crippen molar-refractivity contribution in [3.05, 3.63) is 0 Å². The molecule has 0 rings (SSSR count). The van der Waals surface area contributed by atoms with Gasteiger partial charge in [0.05, 0.1) is 0 Å². The third kappa shape index (κ3) is 36.0. The van der Waals surface area contributed by atoms with Crippen LogP contribution in [0.15, 0.2) is 0 Å². The van der Waals surface area contributed by atoms with Crippen LogP contribution >= 0.6 is 0 Å². The Morgan fingerprint density at radius 2 is 1.06 bits per heavy atom. The summed E-state index contributed by atoms with van der Waals surface area (Å²) in [4.78, 5) is 19.5. The number of carbonyl (C=O) groups is 2. The first kappa shape index (κ1) is 26.4. The summed E-state index contributed by atoms with van der Waals surface area (Å²) in [6.45, 7) is 4.07. The molecule has 0 saturated heterocycles. The van der Waals surface area contributed by atoms with Gasteiger partial charge in [-0.15, -0.1) is 0 Å². The quantitative estimate of drug-likeness (QED) is 0.568. The Morgan fingerprint density at radius 1 is 0.778 bits per heavy atom. The third-order valence-electron chi connectivity index (χ3n) is 1.97. The zero-order valence-electron chi connectivity index (χ0n) is 11.3. The van der Waals surface area contributed by atoms with Crippen molar-refractivity contribution >= 4 is 37.8 Å². The van der Waals surface area contributed by atoms with Crippen LogP contribution in [0, 0.1) is 0 Å². The minimum atomic E-state index is -0.932. The van der Waals surface area contributed by atoms with Crippen LogP contribution in [0.2, 0.25) is 0 Å². The van der Waals surface area contributed by atoms with Gasteiger partial charge in [-0.25, -0.2) is 0 Å². The van der Waals surface area contributed by atoms with E-state index in [0.29, 0.717) is 0 Å². The second kappa shape index (κ2) is 22.0. The molecule has 0 saturated carbocycles. The number of rotatable bonds is 8. The Labute approximate surface area is 128 Å². The van der Waals surface area contributed by atoms with Gasteiger partial charge in [0, 0.05) is 11.9 Å². The Bertz CT molecular complexity index is 165. The second-order valence-corrected chi connectivity index (χ2v) is 3.66. The number of carboxylic acid groups (broad SMARTS) is 2. The number of hydrogen-bond donors (Lipinski definition) is 0. The molecule has 5 nitrogen and oxygen atoms in total. The van der Waals surface area contributed by atoms with Crippen LogP contribution in [-0.2, 0) is 9.59 Å². The maximum atomic E-state index is 9.76. The van der Waals surface area contributed by atoms with E-state index in [0.717, 1.165) is 38.5 Å². The molecule has 0 aromatic carbocycles. The van der Waals surface area contributed by atoms with Crippen molar-refractivity contribution in [1.82, 2.24) is 0 Å². The van der Waals surface area contributed by atoms with Gasteiger partial charge in [-0.05, 0) is 25.7 Å². The summed E-state index contributed by atoms with van der Waals surface area (Å²) < 4.78 is 0. The first-order valence-corrected chi connectivity index (χ1v) is 5.94. The summed E-state index contributed by atoms with van der Waals surface area (Å²) in [5.74, 6) is -1.86. The smallest absolute Gasteiger partial charge is 0.870 e. The van der Waals surface area contributed by atoms with Crippen molar-refractivity contribution in [2.75, 3.05) is 0 Å². The summed E-state index contributed by atoms with van der Waals surface area (Å²) in [5.41, 5.74) is 0. The fraction of sp³-hybridized carbons (Fsp3) is 0.833. The van der Waals surface area contributed by atoms with Gasteiger partial charge < -0.3 is 25.3 Å². The van der Waals surface area contributed by atoms with E-state index < -0.39 is 11.9 Å². The Kier molecular flexibility index (Phi) is 32.2. The minimum Gasteiger partial charge on any atom is -0.870 e. The topological polar surface area (TPSA) is 110 Å². The predicted octanol–water partition coefficient (Wildman–Crippen LogP) is 0.0756. The fourth-order valence-electron chi connectivity index (χ4n) is 1.04. The van der Waals surface area contributed by atoms with Crippen LogP contribution in [0.5, 0.6) is 0 Å². The van der Waals surface area contributed by atoms with Gasteiger partial charge in [0.1, 0.15) is 0 Å². The number of hydrogen-bond acceptors (Lipinski definition) is 5. The molecule has 0 aliphatic carbocycles. The molecule has 0 fully saturated rings. The molecule has 0 aliphatic rings. The summed E-state index contributed by atoms with van der Waals surface area (Å²) >= 11 is 0. The SMILES string of the molecule is CCCCCC(=O)[O-].CCCCCC(=O)[O-].[In+3].[OH-]. The molecular formula is C12H23InO5. The second-order valence-electron chi connectivity index (χ2n) is 3.66. The minimum absolute atomic E-state index is 0. The Morgan fingerprint density at radius 3 is 1.22 bits per heavy atom. The van der Waals surface area contributed by atoms with Crippen molar-refractivity contribution in [1.29, 1.82) is 0 Å². The van der Waals surface area contributed by atoms with E-state index >= 15 is 0 Å². The molecule has 0 aromatic rings. The maximum absolute atomic E-state index is 9.76. The summed E-state index contributed by atoms with van der Waals surface area (Å²) in [7, 11) is 0. The van der Waals surface area contributed by atoms with E-state index in [1.807, 2.05) is 13.8 Å². The van der Waals surface area contributed by atoms with Crippen molar-refractivity contribution < 1.29 is 25.3 Å². The summed E-state index contributed by atoms with van der Waals surface area (Å²) in [5, 5.41) is 19.5. The van der Waals surface area contributed by atoms with Crippen LogP contribution in [0.3, 0.4) is 0 Å². The van der Waals surface area contributed by atoms with Gasteiger partial charge in [0.2, 0.25) is 0 Å². The molecule has 0 radical (unpaired) electrons. The summed E-state index contributed by atoms with van der Waals surface area (Å²) in [6.07, 6.45) is 6.07. The van der Waals surface area contributed by atoms with Crippen LogP contribution < -0.4 is 10.2 Å². The molecule has 0 aliphatic heterocycles. The predicted molar refractivity (Wildman–Crippen MR) is 66.0 cm³/mol. The first-order chi connectivity index (χ1) is 7.54. The Hall–Kier alpha value is -0.230. The van der Waals surface area contributed by atoms with Crippen LogP contribution in [0.4, 0.5) is 0 Å². The molecular weight excluding hydrogens is 339 g/mol. The monoisotopic (exact) mass is 362 g/mol. The van der Waals surface area contributed by atoms with Crippen molar-refractivity contribution in [3.63, 3.8) is 0 Å². The van der Waals surface area contributed by atoms with E-state index in [2.05, 4.69) is 0 Å². The molecule has 0 aromatic heterocycles. The van der Waals surface area contributed by atoms with Crippen molar-refractivity contribution in [3.8, 4) is 0 Å². The van der Waals surface area contributed by atoms with E-state index in [1.54, 1.807) is 0 Å². The van der Waals surface area contributed by atoms with Gasteiger partial charge in [0.25, 0.3) is 0 Å². The van der Waals surface area contributed by atoms with Crippen molar-refractivity contribution in [2.24, 2.45) is 0 Å². The Balaban J connectivity index is -0.0000000980. The van der Waals surface area contributed by atoms with Gasteiger partial charge >= 0.3 is 25.8 Å². The van der Waals surface area contributed by atoms with Gasteiger partial charge in [-0.1, -0.05) is 39.5 Å². The van der Waals surface area contributed by atoms with Crippen LogP contribution in [-0.4, -0.2) is 43.3 Å². The van der Waals surface area contributed by atoms with Gasteiger partial charge in [-0.2, -0.15) is 0 Å². The average Bonchev–Trinajstić information content (AvgIpc) is 2.18. The van der Waals surface area contributed by atoms with E-state index in [-0.39, 0.29) is 44.2 Å².